The molecule has 148 valence electrons. The Balaban J connectivity index is 1.87. The van der Waals surface area contributed by atoms with E-state index in [2.05, 4.69) is 0 Å². The van der Waals surface area contributed by atoms with Gasteiger partial charge < -0.3 is 15.4 Å². The molecule has 0 aliphatic carbocycles. The van der Waals surface area contributed by atoms with Crippen LogP contribution in [0, 0.1) is 11.7 Å². The van der Waals surface area contributed by atoms with E-state index in [0.717, 1.165) is 18.2 Å². The molecule has 0 aromatic heterocycles. The van der Waals surface area contributed by atoms with E-state index in [1.54, 1.807) is 0 Å². The van der Waals surface area contributed by atoms with Crippen LogP contribution in [0.1, 0.15) is 23.2 Å². The van der Waals surface area contributed by atoms with Crippen molar-refractivity contribution in [2.45, 2.75) is 17.7 Å². The van der Waals surface area contributed by atoms with Crippen LogP contribution >= 0.6 is 0 Å². The summed E-state index contributed by atoms with van der Waals surface area (Å²) >= 11 is 0. The average Bonchev–Trinajstić information content (AvgIpc) is 2.68. The molecule has 1 atom stereocenters. The summed E-state index contributed by atoms with van der Waals surface area (Å²) in [5, 5.41) is 0. The highest BCUT2D eigenvalue weighted by Gasteiger charge is 2.31. The second-order valence-electron chi connectivity index (χ2n) is 6.65. The normalized spacial score (nSPS) is 21.8. The lowest BCUT2D eigenvalue weighted by molar-refractivity contribution is -0.123. The lowest BCUT2D eigenvalue weighted by Crippen LogP contribution is -2.44. The third kappa shape index (κ3) is 4.12. The van der Waals surface area contributed by atoms with Crippen LogP contribution in [0.4, 0.5) is 4.39 Å². The lowest BCUT2D eigenvalue weighted by atomic mass is 9.97. The van der Waals surface area contributed by atoms with Gasteiger partial charge in [-0.3, -0.25) is 9.59 Å². The van der Waals surface area contributed by atoms with Crippen molar-refractivity contribution in [3.05, 3.63) is 29.6 Å². The summed E-state index contributed by atoms with van der Waals surface area (Å²) < 4.78 is 46.2. The number of nitrogens with two attached hydrogens (primary N) is 1. The molecule has 2 aliphatic heterocycles. The van der Waals surface area contributed by atoms with Gasteiger partial charge >= 0.3 is 0 Å². The van der Waals surface area contributed by atoms with Gasteiger partial charge in [-0.2, -0.15) is 4.31 Å². The molecule has 0 saturated carbocycles. The first kappa shape index (κ1) is 19.7. The summed E-state index contributed by atoms with van der Waals surface area (Å²) in [4.78, 5) is 25.4. The van der Waals surface area contributed by atoms with Gasteiger partial charge in [-0.05, 0) is 31.0 Å². The number of piperidine rings is 1. The predicted octanol–water partition coefficient (Wildman–Crippen LogP) is 0.184. The summed E-state index contributed by atoms with van der Waals surface area (Å²) in [6.45, 7) is 1.45. The summed E-state index contributed by atoms with van der Waals surface area (Å²) in [5.74, 6) is -2.43. The summed E-state index contributed by atoms with van der Waals surface area (Å²) in [6, 6.07) is 3.20. The first-order valence-corrected chi connectivity index (χ1v) is 10.2. The van der Waals surface area contributed by atoms with Gasteiger partial charge in [0.2, 0.25) is 15.9 Å². The first-order chi connectivity index (χ1) is 12.8. The van der Waals surface area contributed by atoms with Crippen LogP contribution in [-0.4, -0.2) is 68.8 Å². The molecule has 2 amide bonds. The number of nitrogens with zero attached hydrogens (tertiary/aromatic N) is 2. The highest BCUT2D eigenvalue weighted by molar-refractivity contribution is 7.89. The molecule has 2 fully saturated rings. The number of hydrogen-bond acceptors (Lipinski definition) is 5. The number of carbonyl (C=O) groups excluding carboxylic acids is 2. The van der Waals surface area contributed by atoms with E-state index < -0.39 is 33.6 Å². The number of morpholine rings is 1. The van der Waals surface area contributed by atoms with Crippen LogP contribution in [0.25, 0.3) is 0 Å². The maximum Gasteiger partial charge on any atom is 0.256 e. The molecule has 1 aromatic rings. The van der Waals surface area contributed by atoms with Gasteiger partial charge in [0.15, 0.2) is 0 Å². The molecule has 0 radical (unpaired) electrons. The van der Waals surface area contributed by atoms with E-state index in [1.807, 2.05) is 0 Å². The summed E-state index contributed by atoms with van der Waals surface area (Å²) in [7, 11) is -3.85. The Morgan fingerprint density at radius 1 is 1.19 bits per heavy atom. The third-order valence-corrected chi connectivity index (χ3v) is 6.78. The molecule has 27 heavy (non-hydrogen) atoms. The number of amides is 2. The number of likely N-dealkylation sites (tertiary alicyclic amines) is 1. The highest BCUT2D eigenvalue weighted by atomic mass is 32.2. The second-order valence-corrected chi connectivity index (χ2v) is 8.59. The molecule has 2 saturated heterocycles. The SMILES string of the molecule is NC(=O)[C@@H]1CCCN(C(=O)c2cc(S(=O)(=O)N3CCOCC3)ccc2F)C1. The molecular weight excluding hydrogens is 377 g/mol. The standard InChI is InChI=1S/C17H22FN3O5S/c18-15-4-3-13(27(24,25)21-6-8-26-9-7-21)10-14(15)17(23)20-5-1-2-12(11-20)16(19)22/h3-4,10,12H,1-2,5-9,11H2,(H2,19,22)/t12-/m1/s1. The molecule has 8 nitrogen and oxygen atoms in total. The molecule has 0 spiro atoms. The maximum absolute atomic E-state index is 14.3. The summed E-state index contributed by atoms with van der Waals surface area (Å²) in [6.07, 6.45) is 1.15. The third-order valence-electron chi connectivity index (χ3n) is 4.89. The van der Waals surface area contributed by atoms with E-state index in [-0.39, 0.29) is 43.3 Å². The van der Waals surface area contributed by atoms with Crippen LogP contribution in [0.2, 0.25) is 0 Å². The first-order valence-electron chi connectivity index (χ1n) is 8.77. The fourth-order valence-corrected chi connectivity index (χ4v) is 4.76. The van der Waals surface area contributed by atoms with Crippen molar-refractivity contribution in [2.75, 3.05) is 39.4 Å². The van der Waals surface area contributed by atoms with Crippen molar-refractivity contribution in [3.8, 4) is 0 Å². The highest BCUT2D eigenvalue weighted by Crippen LogP contribution is 2.23. The van der Waals surface area contributed by atoms with Crippen molar-refractivity contribution < 1.29 is 27.1 Å². The Morgan fingerprint density at radius 2 is 1.89 bits per heavy atom. The van der Waals surface area contributed by atoms with Gasteiger partial charge in [0.25, 0.3) is 5.91 Å². The largest absolute Gasteiger partial charge is 0.379 e. The van der Waals surface area contributed by atoms with E-state index in [0.29, 0.717) is 19.4 Å². The van der Waals surface area contributed by atoms with Crippen LogP contribution in [0.3, 0.4) is 0 Å². The minimum absolute atomic E-state index is 0.105. The molecule has 10 heteroatoms. The fraction of sp³-hybridized carbons (Fsp3) is 0.529. The molecule has 3 rings (SSSR count). The molecule has 2 N–H and O–H groups in total. The van der Waals surface area contributed by atoms with Crippen molar-refractivity contribution in [1.82, 2.24) is 9.21 Å². The predicted molar refractivity (Wildman–Crippen MR) is 93.8 cm³/mol. The van der Waals surface area contributed by atoms with Gasteiger partial charge in [-0.25, -0.2) is 12.8 Å². The Kier molecular flexibility index (Phi) is 5.78. The quantitative estimate of drug-likeness (QED) is 0.777. The molecule has 0 bridgehead atoms. The zero-order valence-corrected chi connectivity index (χ0v) is 15.6. The van der Waals surface area contributed by atoms with E-state index in [4.69, 9.17) is 10.5 Å². The Labute approximate surface area is 157 Å². The van der Waals surface area contributed by atoms with Crippen molar-refractivity contribution in [2.24, 2.45) is 11.7 Å². The number of halogens is 1. The number of sulfonamides is 1. The Bertz CT molecular complexity index is 839. The molecule has 2 heterocycles. The topological polar surface area (TPSA) is 110 Å². The number of benzene rings is 1. The van der Waals surface area contributed by atoms with E-state index in [9.17, 15) is 22.4 Å². The van der Waals surface area contributed by atoms with Crippen LogP contribution in [-0.2, 0) is 19.6 Å². The second kappa shape index (κ2) is 7.91. The zero-order chi connectivity index (χ0) is 19.6. The maximum atomic E-state index is 14.3. The van der Waals surface area contributed by atoms with Crippen LogP contribution < -0.4 is 5.73 Å². The molecule has 0 unspecified atom stereocenters. The van der Waals surface area contributed by atoms with Crippen molar-refractivity contribution >= 4 is 21.8 Å². The van der Waals surface area contributed by atoms with Crippen molar-refractivity contribution in [1.29, 1.82) is 0 Å². The minimum Gasteiger partial charge on any atom is -0.379 e. The minimum atomic E-state index is -3.85. The van der Waals surface area contributed by atoms with E-state index >= 15 is 0 Å². The van der Waals surface area contributed by atoms with Crippen molar-refractivity contribution in [3.63, 3.8) is 0 Å². The Hall–Kier alpha value is -2.04. The van der Waals surface area contributed by atoms with Crippen LogP contribution in [0.15, 0.2) is 23.1 Å². The smallest absolute Gasteiger partial charge is 0.256 e. The monoisotopic (exact) mass is 399 g/mol. The summed E-state index contributed by atoms with van der Waals surface area (Å²) in [5.41, 5.74) is 4.99. The zero-order valence-electron chi connectivity index (χ0n) is 14.8. The average molecular weight is 399 g/mol. The lowest BCUT2D eigenvalue weighted by Gasteiger charge is -2.31. The number of ether oxygens (including phenoxy) is 1. The number of rotatable bonds is 4. The number of primary amides is 1. The molecule has 1 aromatic carbocycles. The Morgan fingerprint density at radius 3 is 2.56 bits per heavy atom. The number of carbonyl (C=O) groups is 2. The van der Waals surface area contributed by atoms with E-state index in [1.165, 1.54) is 9.21 Å². The molecular formula is C17H22FN3O5S. The number of hydrogen-bond donors (Lipinski definition) is 1. The van der Waals surface area contributed by atoms with Gasteiger partial charge in [0.05, 0.1) is 29.6 Å². The molecule has 2 aliphatic rings. The van der Waals surface area contributed by atoms with Gasteiger partial charge in [-0.15, -0.1) is 0 Å². The van der Waals surface area contributed by atoms with Gasteiger partial charge in [-0.1, -0.05) is 0 Å². The van der Waals surface area contributed by atoms with Crippen LogP contribution in [0.5, 0.6) is 0 Å². The van der Waals surface area contributed by atoms with Gasteiger partial charge in [0, 0.05) is 26.2 Å². The van der Waals surface area contributed by atoms with Gasteiger partial charge in [0.1, 0.15) is 5.82 Å². The fourth-order valence-electron chi connectivity index (χ4n) is 3.33.